The molecule has 0 unspecified atom stereocenters. The number of amides is 1. The van der Waals surface area contributed by atoms with Crippen molar-refractivity contribution in [2.45, 2.75) is 19.3 Å². The Morgan fingerprint density at radius 2 is 1.91 bits per heavy atom. The molecule has 7 nitrogen and oxygen atoms in total. The normalized spacial score (nSPS) is 11.6. The Labute approximate surface area is 186 Å². The van der Waals surface area contributed by atoms with Gasteiger partial charge in [0.15, 0.2) is 0 Å². The molecule has 7 heteroatoms. The van der Waals surface area contributed by atoms with Crippen molar-refractivity contribution < 1.29 is 9.53 Å². The SMILES string of the molecule is COc1cccc(-c2cncc(C[C@@H](C)c3cccc(NC(=O)c4cnccn4)c3)n2)c1. The molecule has 32 heavy (non-hydrogen) atoms. The highest BCUT2D eigenvalue weighted by atomic mass is 16.5. The number of benzene rings is 2. The molecule has 0 fully saturated rings. The molecule has 0 saturated carbocycles. The van der Waals surface area contributed by atoms with Crippen LogP contribution in [0.15, 0.2) is 79.5 Å². The average Bonchev–Trinajstić information content (AvgIpc) is 2.85. The number of methoxy groups -OCH3 is 1. The fraction of sp³-hybridized carbons (Fsp3) is 0.160. The number of carbonyl (C=O) groups is 1. The molecule has 2 aromatic heterocycles. The van der Waals surface area contributed by atoms with E-state index in [1.165, 1.54) is 18.6 Å². The van der Waals surface area contributed by atoms with Crippen molar-refractivity contribution in [1.82, 2.24) is 19.9 Å². The van der Waals surface area contributed by atoms with Gasteiger partial charge in [0.1, 0.15) is 11.4 Å². The molecule has 0 bridgehead atoms. The van der Waals surface area contributed by atoms with Crippen molar-refractivity contribution in [2.75, 3.05) is 12.4 Å². The lowest BCUT2D eigenvalue weighted by atomic mass is 9.96. The van der Waals surface area contributed by atoms with Gasteiger partial charge in [0.05, 0.1) is 30.9 Å². The number of aromatic nitrogens is 4. The summed E-state index contributed by atoms with van der Waals surface area (Å²) < 4.78 is 5.31. The van der Waals surface area contributed by atoms with E-state index >= 15 is 0 Å². The van der Waals surface area contributed by atoms with Crippen molar-refractivity contribution in [3.63, 3.8) is 0 Å². The highest BCUT2D eigenvalue weighted by Gasteiger charge is 2.12. The van der Waals surface area contributed by atoms with Crippen LogP contribution in [0.5, 0.6) is 5.75 Å². The smallest absolute Gasteiger partial charge is 0.275 e. The minimum atomic E-state index is -0.292. The molecular weight excluding hydrogens is 402 g/mol. The van der Waals surface area contributed by atoms with Crippen molar-refractivity contribution in [3.8, 4) is 17.0 Å². The van der Waals surface area contributed by atoms with Crippen LogP contribution in [0.2, 0.25) is 0 Å². The molecule has 4 aromatic rings. The fourth-order valence-electron chi connectivity index (χ4n) is 3.39. The van der Waals surface area contributed by atoms with Crippen LogP contribution in [0.1, 0.15) is 34.6 Å². The zero-order chi connectivity index (χ0) is 22.3. The van der Waals surface area contributed by atoms with Crippen LogP contribution in [-0.2, 0) is 6.42 Å². The molecule has 4 rings (SSSR count). The summed E-state index contributed by atoms with van der Waals surface area (Å²) in [7, 11) is 1.65. The van der Waals surface area contributed by atoms with E-state index in [1.807, 2.05) is 48.5 Å². The first kappa shape index (κ1) is 21.1. The van der Waals surface area contributed by atoms with E-state index in [4.69, 9.17) is 9.72 Å². The maximum absolute atomic E-state index is 12.4. The lowest BCUT2D eigenvalue weighted by molar-refractivity contribution is 0.102. The van der Waals surface area contributed by atoms with E-state index in [-0.39, 0.29) is 17.5 Å². The number of anilines is 1. The van der Waals surface area contributed by atoms with Crippen molar-refractivity contribution >= 4 is 11.6 Å². The summed E-state index contributed by atoms with van der Waals surface area (Å²) in [5.74, 6) is 0.668. The van der Waals surface area contributed by atoms with E-state index in [1.54, 1.807) is 19.5 Å². The first-order valence-corrected chi connectivity index (χ1v) is 10.2. The summed E-state index contributed by atoms with van der Waals surface area (Å²) in [5.41, 5.74) is 4.73. The third kappa shape index (κ3) is 5.13. The third-order valence-electron chi connectivity index (χ3n) is 5.07. The van der Waals surface area contributed by atoms with E-state index in [2.05, 4.69) is 27.2 Å². The highest BCUT2D eigenvalue weighted by molar-refractivity contribution is 6.02. The van der Waals surface area contributed by atoms with Gasteiger partial charge >= 0.3 is 0 Å². The van der Waals surface area contributed by atoms with Gasteiger partial charge in [0.2, 0.25) is 0 Å². The molecule has 0 aliphatic heterocycles. The van der Waals surface area contributed by atoms with Gasteiger partial charge in [-0.1, -0.05) is 31.2 Å². The van der Waals surface area contributed by atoms with Gasteiger partial charge in [-0.05, 0) is 42.2 Å². The second-order valence-electron chi connectivity index (χ2n) is 7.40. The van der Waals surface area contributed by atoms with Crippen molar-refractivity contribution in [3.05, 3.63) is 96.5 Å². The van der Waals surface area contributed by atoms with E-state index < -0.39 is 0 Å². The Kier molecular flexibility index (Phi) is 6.46. The molecular formula is C25H23N5O2. The number of nitrogens with one attached hydrogen (secondary N) is 1. The van der Waals surface area contributed by atoms with E-state index in [0.29, 0.717) is 12.1 Å². The predicted molar refractivity (Wildman–Crippen MR) is 123 cm³/mol. The van der Waals surface area contributed by atoms with Crippen LogP contribution >= 0.6 is 0 Å². The van der Waals surface area contributed by atoms with Crippen LogP contribution in [0.4, 0.5) is 5.69 Å². The first-order chi connectivity index (χ1) is 15.6. The molecule has 160 valence electrons. The van der Waals surface area contributed by atoms with Crippen LogP contribution < -0.4 is 10.1 Å². The first-order valence-electron chi connectivity index (χ1n) is 10.2. The molecule has 0 radical (unpaired) electrons. The van der Waals surface area contributed by atoms with Gasteiger partial charge in [-0.3, -0.25) is 14.8 Å². The zero-order valence-electron chi connectivity index (χ0n) is 17.9. The van der Waals surface area contributed by atoms with Crippen LogP contribution in [0.3, 0.4) is 0 Å². The van der Waals surface area contributed by atoms with Crippen molar-refractivity contribution in [2.24, 2.45) is 0 Å². The average molecular weight is 425 g/mol. The molecule has 2 heterocycles. The standard InChI is InChI=1S/C25H23N5O2/c1-17(11-21-14-27-15-23(29-21)19-6-4-8-22(13-19)32-2)18-5-3-7-20(12-18)30-25(31)24-16-26-9-10-28-24/h3-10,12-17H,11H2,1-2H3,(H,30,31)/t17-/m1/s1. The summed E-state index contributed by atoms with van der Waals surface area (Å²) in [6, 6.07) is 15.6. The molecule has 0 aliphatic rings. The molecule has 1 amide bonds. The van der Waals surface area contributed by atoms with E-state index in [0.717, 1.165) is 28.3 Å². The molecule has 0 aliphatic carbocycles. The Hall–Kier alpha value is -4.13. The number of hydrogen-bond acceptors (Lipinski definition) is 6. The molecule has 1 atom stereocenters. The van der Waals surface area contributed by atoms with Crippen molar-refractivity contribution in [1.29, 1.82) is 0 Å². The van der Waals surface area contributed by atoms with Crippen LogP contribution in [0.25, 0.3) is 11.3 Å². The largest absolute Gasteiger partial charge is 0.497 e. The summed E-state index contributed by atoms with van der Waals surface area (Å²) in [6.07, 6.45) is 8.73. The molecule has 1 N–H and O–H groups in total. The number of rotatable bonds is 7. The van der Waals surface area contributed by atoms with Crippen LogP contribution in [0, 0.1) is 0 Å². The molecule has 0 spiro atoms. The minimum absolute atomic E-state index is 0.179. The van der Waals surface area contributed by atoms with Gasteiger partial charge in [0, 0.05) is 29.8 Å². The predicted octanol–water partition coefficient (Wildman–Crippen LogP) is 4.54. The van der Waals surface area contributed by atoms with Gasteiger partial charge < -0.3 is 10.1 Å². The Morgan fingerprint density at radius 3 is 2.72 bits per heavy atom. The fourth-order valence-corrected chi connectivity index (χ4v) is 3.39. The number of ether oxygens (including phenoxy) is 1. The summed E-state index contributed by atoms with van der Waals surface area (Å²) in [5, 5.41) is 2.88. The van der Waals surface area contributed by atoms with Gasteiger partial charge in [-0.15, -0.1) is 0 Å². The van der Waals surface area contributed by atoms with Crippen LogP contribution in [-0.4, -0.2) is 33.0 Å². The van der Waals surface area contributed by atoms with Gasteiger partial charge in [0.25, 0.3) is 5.91 Å². The number of carbonyl (C=O) groups excluding carboxylic acids is 1. The monoisotopic (exact) mass is 425 g/mol. The second kappa shape index (κ2) is 9.78. The lowest BCUT2D eigenvalue weighted by Gasteiger charge is -2.14. The Morgan fingerprint density at radius 1 is 1.03 bits per heavy atom. The quantitative estimate of drug-likeness (QED) is 0.468. The Balaban J connectivity index is 1.48. The van der Waals surface area contributed by atoms with Gasteiger partial charge in [-0.2, -0.15) is 0 Å². The summed E-state index contributed by atoms with van der Waals surface area (Å²) in [4.78, 5) is 29.5. The third-order valence-corrected chi connectivity index (χ3v) is 5.07. The topological polar surface area (TPSA) is 89.9 Å². The van der Waals surface area contributed by atoms with Gasteiger partial charge in [-0.25, -0.2) is 9.97 Å². The zero-order valence-corrected chi connectivity index (χ0v) is 17.9. The summed E-state index contributed by atoms with van der Waals surface area (Å²) in [6.45, 7) is 2.13. The maximum atomic E-state index is 12.4. The molecule has 0 saturated heterocycles. The lowest BCUT2D eigenvalue weighted by Crippen LogP contribution is -2.14. The highest BCUT2D eigenvalue weighted by Crippen LogP contribution is 2.25. The maximum Gasteiger partial charge on any atom is 0.275 e. The van der Waals surface area contributed by atoms with E-state index in [9.17, 15) is 4.79 Å². The second-order valence-corrected chi connectivity index (χ2v) is 7.40. The minimum Gasteiger partial charge on any atom is -0.497 e. The number of hydrogen-bond donors (Lipinski definition) is 1. The summed E-state index contributed by atoms with van der Waals surface area (Å²) >= 11 is 0. The number of nitrogens with zero attached hydrogens (tertiary/aromatic N) is 4. The molecule has 2 aromatic carbocycles. The Bertz CT molecular complexity index is 1210.